The Morgan fingerprint density at radius 3 is 2.48 bits per heavy atom. The van der Waals surface area contributed by atoms with Crippen LogP contribution < -0.4 is 15.4 Å². The Morgan fingerprint density at radius 1 is 1.08 bits per heavy atom. The van der Waals surface area contributed by atoms with E-state index in [1.54, 1.807) is 0 Å². The molecule has 0 radical (unpaired) electrons. The van der Waals surface area contributed by atoms with Crippen LogP contribution in [0.1, 0.15) is 58.3 Å². The van der Waals surface area contributed by atoms with Gasteiger partial charge in [-0.2, -0.15) is 0 Å². The minimum absolute atomic E-state index is 0.123. The van der Waals surface area contributed by atoms with E-state index in [9.17, 15) is 13.5 Å². The highest BCUT2D eigenvalue weighted by Crippen LogP contribution is 2.33. The van der Waals surface area contributed by atoms with Gasteiger partial charge in [0.25, 0.3) is 0 Å². The summed E-state index contributed by atoms with van der Waals surface area (Å²) in [6, 6.07) is 0. The molecule has 7 heteroatoms. The molecular weight excluding hydrogens is 338 g/mol. The molecule has 0 saturated heterocycles. The summed E-state index contributed by atoms with van der Waals surface area (Å²) in [5.74, 6) is 1.07. The first kappa shape index (κ1) is 21.1. The molecule has 0 aromatic rings. The topological polar surface area (TPSA) is 90.5 Å². The number of hydrogen-bond acceptors (Lipinski definition) is 5. The summed E-state index contributed by atoms with van der Waals surface area (Å²) in [7, 11) is -3.22. The smallest absolute Gasteiger partial charge is 0.209 e. The fraction of sp³-hybridized carbons (Fsp3) is 1.00. The van der Waals surface area contributed by atoms with Crippen molar-refractivity contribution < 1.29 is 13.5 Å². The molecule has 0 aromatic carbocycles. The van der Waals surface area contributed by atoms with Crippen LogP contribution in [0.5, 0.6) is 0 Å². The Hall–Kier alpha value is -0.210. The second-order valence-electron chi connectivity index (χ2n) is 8.24. The van der Waals surface area contributed by atoms with Crippen LogP contribution in [0.15, 0.2) is 0 Å². The molecule has 4 atom stereocenters. The molecule has 148 valence electrons. The zero-order valence-corrected chi connectivity index (χ0v) is 16.7. The average molecular weight is 376 g/mol. The molecule has 4 unspecified atom stereocenters. The molecular formula is C18H37N3O3S. The molecule has 4 N–H and O–H groups in total. The van der Waals surface area contributed by atoms with Crippen LogP contribution in [0.25, 0.3) is 0 Å². The van der Waals surface area contributed by atoms with E-state index in [1.807, 2.05) is 0 Å². The SMILES string of the molecule is CCNCC1(NS(C)(=O)=O)CCCC(CNCC2CCCC(O)C2)C1. The molecule has 6 nitrogen and oxygen atoms in total. The monoisotopic (exact) mass is 375 g/mol. The summed E-state index contributed by atoms with van der Waals surface area (Å²) in [6.07, 6.45) is 9.32. The summed E-state index contributed by atoms with van der Waals surface area (Å²) < 4.78 is 26.6. The van der Waals surface area contributed by atoms with Gasteiger partial charge in [-0.1, -0.05) is 19.8 Å². The van der Waals surface area contributed by atoms with Crippen molar-refractivity contribution in [2.45, 2.75) is 69.9 Å². The minimum Gasteiger partial charge on any atom is -0.393 e. The van der Waals surface area contributed by atoms with Crippen LogP contribution in [-0.2, 0) is 10.0 Å². The number of aliphatic hydroxyl groups excluding tert-OH is 1. The Morgan fingerprint density at radius 2 is 1.80 bits per heavy atom. The van der Waals surface area contributed by atoms with Gasteiger partial charge in [-0.15, -0.1) is 0 Å². The van der Waals surface area contributed by atoms with Crippen LogP contribution >= 0.6 is 0 Å². The van der Waals surface area contributed by atoms with Crippen LogP contribution in [0, 0.1) is 11.8 Å². The minimum atomic E-state index is -3.22. The zero-order valence-electron chi connectivity index (χ0n) is 15.9. The van der Waals surface area contributed by atoms with E-state index < -0.39 is 10.0 Å². The molecule has 0 aliphatic heterocycles. The predicted octanol–water partition coefficient (Wildman–Crippen LogP) is 1.21. The van der Waals surface area contributed by atoms with Crippen molar-refractivity contribution in [2.75, 3.05) is 32.4 Å². The van der Waals surface area contributed by atoms with E-state index in [0.717, 1.165) is 64.6 Å². The number of aliphatic hydroxyl groups is 1. The second-order valence-corrected chi connectivity index (χ2v) is 9.99. The lowest BCUT2D eigenvalue weighted by Crippen LogP contribution is -2.57. The quantitative estimate of drug-likeness (QED) is 0.486. The highest BCUT2D eigenvalue weighted by atomic mass is 32.2. The van der Waals surface area contributed by atoms with Crippen molar-refractivity contribution in [3.8, 4) is 0 Å². The number of hydrogen-bond donors (Lipinski definition) is 4. The maximum atomic E-state index is 11.8. The molecule has 2 fully saturated rings. The number of nitrogens with one attached hydrogen (secondary N) is 3. The second kappa shape index (κ2) is 9.65. The van der Waals surface area contributed by atoms with Crippen LogP contribution in [0.3, 0.4) is 0 Å². The molecule has 0 heterocycles. The molecule has 2 aliphatic rings. The van der Waals surface area contributed by atoms with Crippen LogP contribution in [0.2, 0.25) is 0 Å². The van der Waals surface area contributed by atoms with Gasteiger partial charge in [0.05, 0.1) is 12.4 Å². The lowest BCUT2D eigenvalue weighted by atomic mass is 9.76. The zero-order chi connectivity index (χ0) is 18.3. The molecule has 0 amide bonds. The van der Waals surface area contributed by atoms with Crippen LogP contribution in [-0.4, -0.2) is 57.6 Å². The highest BCUT2D eigenvalue weighted by molar-refractivity contribution is 7.88. The fourth-order valence-corrected chi connectivity index (χ4v) is 5.69. The van der Waals surface area contributed by atoms with Gasteiger partial charge in [0.1, 0.15) is 0 Å². The molecule has 2 saturated carbocycles. The third kappa shape index (κ3) is 7.51. The van der Waals surface area contributed by atoms with Crippen molar-refractivity contribution in [3.05, 3.63) is 0 Å². The number of sulfonamides is 1. The van der Waals surface area contributed by atoms with Gasteiger partial charge in [0.2, 0.25) is 10.0 Å². The largest absolute Gasteiger partial charge is 0.393 e. The van der Waals surface area contributed by atoms with Crippen molar-refractivity contribution in [2.24, 2.45) is 11.8 Å². The van der Waals surface area contributed by atoms with E-state index in [1.165, 1.54) is 12.7 Å². The average Bonchev–Trinajstić information content (AvgIpc) is 2.52. The lowest BCUT2D eigenvalue weighted by Gasteiger charge is -2.41. The number of likely N-dealkylation sites (N-methyl/N-ethyl adjacent to an activating group) is 1. The molecule has 0 bridgehead atoms. The highest BCUT2D eigenvalue weighted by Gasteiger charge is 2.38. The number of rotatable bonds is 9. The molecule has 2 aliphatic carbocycles. The molecule has 2 rings (SSSR count). The Kier molecular flexibility index (Phi) is 8.14. The van der Waals surface area contributed by atoms with E-state index in [4.69, 9.17) is 0 Å². The molecule has 0 spiro atoms. The van der Waals surface area contributed by atoms with E-state index in [0.29, 0.717) is 18.4 Å². The maximum Gasteiger partial charge on any atom is 0.209 e. The van der Waals surface area contributed by atoms with Crippen LogP contribution in [0.4, 0.5) is 0 Å². The molecule has 0 aromatic heterocycles. The van der Waals surface area contributed by atoms with Gasteiger partial charge in [0.15, 0.2) is 0 Å². The fourth-order valence-electron chi connectivity index (χ4n) is 4.65. The van der Waals surface area contributed by atoms with Gasteiger partial charge >= 0.3 is 0 Å². The normalized spacial score (nSPS) is 34.1. The van der Waals surface area contributed by atoms with E-state index >= 15 is 0 Å². The summed E-state index contributed by atoms with van der Waals surface area (Å²) in [6.45, 7) is 5.50. The van der Waals surface area contributed by atoms with E-state index in [2.05, 4.69) is 22.3 Å². The summed E-state index contributed by atoms with van der Waals surface area (Å²) in [5, 5.41) is 16.7. The standard InChI is InChI=1S/C18H37N3O3S/c1-3-19-14-18(21-25(2,23)24)9-5-7-16(11-18)13-20-12-15-6-4-8-17(22)10-15/h15-17,19-22H,3-14H2,1-2H3. The van der Waals surface area contributed by atoms with Gasteiger partial charge in [0, 0.05) is 12.1 Å². The van der Waals surface area contributed by atoms with Gasteiger partial charge in [-0.05, 0) is 70.0 Å². The van der Waals surface area contributed by atoms with Gasteiger partial charge in [-0.25, -0.2) is 13.1 Å². The van der Waals surface area contributed by atoms with Gasteiger partial charge in [-0.3, -0.25) is 0 Å². The van der Waals surface area contributed by atoms with Crippen molar-refractivity contribution in [1.82, 2.24) is 15.4 Å². The third-order valence-electron chi connectivity index (χ3n) is 5.68. The first-order valence-electron chi connectivity index (χ1n) is 9.90. The summed E-state index contributed by atoms with van der Waals surface area (Å²) >= 11 is 0. The first-order valence-corrected chi connectivity index (χ1v) is 11.8. The predicted molar refractivity (Wildman–Crippen MR) is 102 cm³/mol. The lowest BCUT2D eigenvalue weighted by molar-refractivity contribution is 0.0996. The first-order chi connectivity index (χ1) is 11.8. The van der Waals surface area contributed by atoms with Crippen molar-refractivity contribution in [3.63, 3.8) is 0 Å². The van der Waals surface area contributed by atoms with Gasteiger partial charge < -0.3 is 15.7 Å². The molecule has 25 heavy (non-hydrogen) atoms. The van der Waals surface area contributed by atoms with Crippen molar-refractivity contribution >= 4 is 10.0 Å². The Balaban J connectivity index is 1.84. The van der Waals surface area contributed by atoms with Crippen molar-refractivity contribution in [1.29, 1.82) is 0 Å². The summed E-state index contributed by atoms with van der Waals surface area (Å²) in [4.78, 5) is 0. The maximum absolute atomic E-state index is 11.8. The summed E-state index contributed by atoms with van der Waals surface area (Å²) in [5.41, 5.74) is -0.352. The van der Waals surface area contributed by atoms with E-state index in [-0.39, 0.29) is 11.6 Å². The third-order valence-corrected chi connectivity index (χ3v) is 6.49. The Labute approximate surface area is 153 Å². The Bertz CT molecular complexity index is 500.